The van der Waals surface area contributed by atoms with Crippen LogP contribution >= 0.6 is 0 Å². The lowest BCUT2D eigenvalue weighted by Crippen LogP contribution is -2.35. The number of likely N-dealkylation sites (tertiary alicyclic amines) is 1. The van der Waals surface area contributed by atoms with Gasteiger partial charge in [0, 0.05) is 19.2 Å². The number of hydrogen-bond acceptors (Lipinski definition) is 3. The fourth-order valence-corrected chi connectivity index (χ4v) is 5.24. The Kier molecular flexibility index (Phi) is 4.71. The number of halogens is 2. The SMILES string of the molecule is CN1CCC([C@H]2CCN(S(=O)(=O)c3cc(F)cc(F)c3)C2)CC1. The first-order valence-electron chi connectivity index (χ1n) is 8.01. The summed E-state index contributed by atoms with van der Waals surface area (Å²) in [5, 5.41) is 0. The van der Waals surface area contributed by atoms with Gasteiger partial charge in [0.15, 0.2) is 0 Å². The van der Waals surface area contributed by atoms with Gasteiger partial charge in [-0.05, 0) is 63.4 Å². The Labute approximate surface area is 136 Å². The minimum absolute atomic E-state index is 0.293. The zero-order chi connectivity index (χ0) is 16.6. The molecule has 0 spiro atoms. The van der Waals surface area contributed by atoms with E-state index in [1.165, 1.54) is 4.31 Å². The summed E-state index contributed by atoms with van der Waals surface area (Å²) in [6, 6.07) is 2.47. The van der Waals surface area contributed by atoms with Gasteiger partial charge in [0.25, 0.3) is 0 Å². The van der Waals surface area contributed by atoms with E-state index in [1.54, 1.807) is 0 Å². The van der Waals surface area contributed by atoms with Crippen molar-refractivity contribution in [2.24, 2.45) is 11.8 Å². The first-order valence-corrected chi connectivity index (χ1v) is 9.45. The van der Waals surface area contributed by atoms with Crippen molar-refractivity contribution in [1.82, 2.24) is 9.21 Å². The van der Waals surface area contributed by atoms with Crippen molar-refractivity contribution in [2.45, 2.75) is 24.2 Å². The van der Waals surface area contributed by atoms with Crippen LogP contribution in [0.3, 0.4) is 0 Å². The highest BCUT2D eigenvalue weighted by Gasteiger charge is 2.37. The molecule has 7 heteroatoms. The summed E-state index contributed by atoms with van der Waals surface area (Å²) < 4.78 is 53.2. The van der Waals surface area contributed by atoms with E-state index in [0.29, 0.717) is 31.0 Å². The summed E-state index contributed by atoms with van der Waals surface area (Å²) in [4.78, 5) is 1.99. The molecule has 0 aliphatic carbocycles. The van der Waals surface area contributed by atoms with Crippen molar-refractivity contribution >= 4 is 10.0 Å². The van der Waals surface area contributed by atoms with Crippen molar-refractivity contribution in [3.8, 4) is 0 Å². The minimum atomic E-state index is -3.82. The monoisotopic (exact) mass is 344 g/mol. The molecule has 2 saturated heterocycles. The molecule has 2 heterocycles. The zero-order valence-electron chi connectivity index (χ0n) is 13.2. The molecule has 0 unspecified atom stereocenters. The van der Waals surface area contributed by atoms with E-state index in [2.05, 4.69) is 11.9 Å². The van der Waals surface area contributed by atoms with Gasteiger partial charge < -0.3 is 4.90 Å². The highest BCUT2D eigenvalue weighted by Crippen LogP contribution is 2.34. The summed E-state index contributed by atoms with van der Waals surface area (Å²) in [6.45, 7) is 2.97. The van der Waals surface area contributed by atoms with Crippen molar-refractivity contribution < 1.29 is 17.2 Å². The molecule has 0 N–H and O–H groups in total. The number of nitrogens with zero attached hydrogens (tertiary/aromatic N) is 2. The maximum atomic E-state index is 13.3. The molecular weight excluding hydrogens is 322 g/mol. The highest BCUT2D eigenvalue weighted by molar-refractivity contribution is 7.89. The fraction of sp³-hybridized carbons (Fsp3) is 0.625. The zero-order valence-corrected chi connectivity index (χ0v) is 14.0. The average molecular weight is 344 g/mol. The van der Waals surface area contributed by atoms with E-state index in [0.717, 1.165) is 44.5 Å². The second-order valence-electron chi connectivity index (χ2n) is 6.66. The van der Waals surface area contributed by atoms with Gasteiger partial charge in [0.05, 0.1) is 4.90 Å². The molecule has 1 aromatic rings. The lowest BCUT2D eigenvalue weighted by Gasteiger charge is -2.32. The molecule has 23 heavy (non-hydrogen) atoms. The number of sulfonamides is 1. The molecule has 3 rings (SSSR count). The molecule has 2 aliphatic rings. The molecule has 0 amide bonds. The fourth-order valence-electron chi connectivity index (χ4n) is 3.68. The third kappa shape index (κ3) is 3.56. The van der Waals surface area contributed by atoms with Crippen molar-refractivity contribution in [3.05, 3.63) is 29.8 Å². The number of hydrogen-bond donors (Lipinski definition) is 0. The number of benzene rings is 1. The Hall–Kier alpha value is -1.05. The third-order valence-electron chi connectivity index (χ3n) is 5.09. The van der Waals surface area contributed by atoms with Gasteiger partial charge in [-0.2, -0.15) is 4.31 Å². The van der Waals surface area contributed by atoms with Crippen LogP contribution in [-0.4, -0.2) is 50.8 Å². The molecular formula is C16H22F2N2O2S. The Bertz CT molecular complexity index is 652. The molecule has 2 fully saturated rings. The maximum Gasteiger partial charge on any atom is 0.243 e. The maximum absolute atomic E-state index is 13.3. The normalized spacial score (nSPS) is 25.1. The first-order chi connectivity index (χ1) is 10.9. The predicted molar refractivity (Wildman–Crippen MR) is 83.4 cm³/mol. The summed E-state index contributed by atoms with van der Waals surface area (Å²) in [7, 11) is -1.73. The van der Waals surface area contributed by atoms with Gasteiger partial charge in [0.2, 0.25) is 10.0 Å². The van der Waals surface area contributed by atoms with Gasteiger partial charge in [-0.1, -0.05) is 0 Å². The first kappa shape index (κ1) is 16.8. The Morgan fingerprint density at radius 2 is 1.52 bits per heavy atom. The highest BCUT2D eigenvalue weighted by atomic mass is 32.2. The Balaban J connectivity index is 1.72. The van der Waals surface area contributed by atoms with Gasteiger partial charge in [-0.25, -0.2) is 17.2 Å². The van der Waals surface area contributed by atoms with E-state index in [4.69, 9.17) is 0 Å². The second-order valence-corrected chi connectivity index (χ2v) is 8.60. The van der Waals surface area contributed by atoms with Crippen LogP contribution in [0.15, 0.2) is 23.1 Å². The van der Waals surface area contributed by atoms with E-state index < -0.39 is 21.7 Å². The summed E-state index contributed by atoms with van der Waals surface area (Å²) in [6.07, 6.45) is 3.00. The van der Waals surface area contributed by atoms with Crippen LogP contribution in [-0.2, 0) is 10.0 Å². The van der Waals surface area contributed by atoms with E-state index in [-0.39, 0.29) is 4.90 Å². The van der Waals surface area contributed by atoms with Crippen molar-refractivity contribution in [3.63, 3.8) is 0 Å². The second kappa shape index (κ2) is 6.45. The van der Waals surface area contributed by atoms with Crippen LogP contribution in [0.2, 0.25) is 0 Å². The quantitative estimate of drug-likeness (QED) is 0.845. The average Bonchev–Trinajstić information content (AvgIpc) is 2.97. The summed E-state index contributed by atoms with van der Waals surface area (Å²) in [5.41, 5.74) is 0. The van der Waals surface area contributed by atoms with Gasteiger partial charge in [-0.15, -0.1) is 0 Å². The smallest absolute Gasteiger partial charge is 0.243 e. The van der Waals surface area contributed by atoms with Gasteiger partial charge in [0.1, 0.15) is 11.6 Å². The molecule has 1 atom stereocenters. The van der Waals surface area contributed by atoms with Crippen LogP contribution in [0.1, 0.15) is 19.3 Å². The van der Waals surface area contributed by atoms with E-state index in [1.807, 2.05) is 0 Å². The Morgan fingerprint density at radius 3 is 2.13 bits per heavy atom. The molecule has 0 bridgehead atoms. The van der Waals surface area contributed by atoms with Crippen LogP contribution in [0, 0.1) is 23.5 Å². The molecule has 0 radical (unpaired) electrons. The molecule has 0 saturated carbocycles. The largest absolute Gasteiger partial charge is 0.306 e. The van der Waals surface area contributed by atoms with E-state index in [9.17, 15) is 17.2 Å². The van der Waals surface area contributed by atoms with Crippen molar-refractivity contribution in [2.75, 3.05) is 33.2 Å². The van der Waals surface area contributed by atoms with Crippen LogP contribution in [0.25, 0.3) is 0 Å². The van der Waals surface area contributed by atoms with Crippen LogP contribution < -0.4 is 0 Å². The predicted octanol–water partition coefficient (Wildman–Crippen LogP) is 2.32. The van der Waals surface area contributed by atoms with Crippen molar-refractivity contribution in [1.29, 1.82) is 0 Å². The lowest BCUT2D eigenvalue weighted by molar-refractivity contribution is 0.175. The van der Waals surface area contributed by atoms with Crippen LogP contribution in [0.4, 0.5) is 8.78 Å². The summed E-state index contributed by atoms with van der Waals surface area (Å²) >= 11 is 0. The summed E-state index contributed by atoms with van der Waals surface area (Å²) in [5.74, 6) is -0.850. The van der Waals surface area contributed by atoms with Crippen LogP contribution in [0.5, 0.6) is 0 Å². The third-order valence-corrected chi connectivity index (χ3v) is 6.93. The molecule has 128 valence electrons. The van der Waals surface area contributed by atoms with Gasteiger partial charge in [-0.3, -0.25) is 0 Å². The molecule has 0 aromatic heterocycles. The lowest BCUT2D eigenvalue weighted by atomic mass is 9.84. The standard InChI is InChI=1S/C16H22F2N2O2S/c1-19-5-2-12(3-6-19)13-4-7-20(11-13)23(21,22)16-9-14(17)8-15(18)10-16/h8-10,12-13H,2-7,11H2,1H3/t13-/m0/s1. The topological polar surface area (TPSA) is 40.6 Å². The molecule has 4 nitrogen and oxygen atoms in total. The molecule has 2 aliphatic heterocycles. The minimum Gasteiger partial charge on any atom is -0.306 e. The number of piperidine rings is 1. The molecule has 1 aromatic carbocycles. The van der Waals surface area contributed by atoms with Gasteiger partial charge >= 0.3 is 0 Å². The number of rotatable bonds is 3. The van der Waals surface area contributed by atoms with E-state index >= 15 is 0 Å². The Morgan fingerprint density at radius 1 is 0.957 bits per heavy atom.